The topological polar surface area (TPSA) is 86.7 Å². The van der Waals surface area contributed by atoms with Gasteiger partial charge in [-0.1, -0.05) is 0 Å². The van der Waals surface area contributed by atoms with E-state index in [-0.39, 0.29) is 17.2 Å². The SMILES string of the molecule is CN1C(=O)C=C(Nc2ccc(C(=O)O)cc2)C1=O. The highest BCUT2D eigenvalue weighted by atomic mass is 16.4. The molecule has 1 aromatic rings. The van der Waals surface area contributed by atoms with Crippen molar-refractivity contribution >= 4 is 23.5 Å². The molecule has 0 saturated carbocycles. The number of hydrogen-bond acceptors (Lipinski definition) is 4. The number of nitrogens with zero attached hydrogens (tertiary/aromatic N) is 1. The number of benzene rings is 1. The third kappa shape index (κ3) is 2.08. The van der Waals surface area contributed by atoms with Crippen molar-refractivity contribution in [3.8, 4) is 0 Å². The number of likely N-dealkylation sites (N-methyl/N-ethyl adjacent to an activating group) is 1. The van der Waals surface area contributed by atoms with Crippen molar-refractivity contribution in [3.05, 3.63) is 41.6 Å². The highest BCUT2D eigenvalue weighted by Crippen LogP contribution is 2.16. The maximum Gasteiger partial charge on any atom is 0.335 e. The lowest BCUT2D eigenvalue weighted by atomic mass is 10.2. The molecule has 18 heavy (non-hydrogen) atoms. The predicted molar refractivity (Wildman–Crippen MR) is 62.9 cm³/mol. The van der Waals surface area contributed by atoms with Crippen LogP contribution >= 0.6 is 0 Å². The summed E-state index contributed by atoms with van der Waals surface area (Å²) in [5.41, 5.74) is 0.869. The van der Waals surface area contributed by atoms with E-state index in [2.05, 4.69) is 5.32 Å². The molecule has 1 aromatic carbocycles. The monoisotopic (exact) mass is 246 g/mol. The number of amides is 2. The number of imide groups is 1. The molecule has 1 heterocycles. The first-order chi connectivity index (χ1) is 8.49. The molecular weight excluding hydrogens is 236 g/mol. The summed E-state index contributed by atoms with van der Waals surface area (Å²) in [6, 6.07) is 5.88. The van der Waals surface area contributed by atoms with Gasteiger partial charge in [0.1, 0.15) is 5.70 Å². The third-order valence-electron chi connectivity index (χ3n) is 2.54. The van der Waals surface area contributed by atoms with Gasteiger partial charge in [-0.2, -0.15) is 0 Å². The average Bonchev–Trinajstić information content (AvgIpc) is 2.58. The summed E-state index contributed by atoms with van der Waals surface area (Å²) in [5, 5.41) is 11.5. The van der Waals surface area contributed by atoms with E-state index >= 15 is 0 Å². The van der Waals surface area contributed by atoms with Gasteiger partial charge in [0.25, 0.3) is 11.8 Å². The molecule has 1 aliphatic heterocycles. The molecule has 0 aliphatic carbocycles. The van der Waals surface area contributed by atoms with Crippen molar-refractivity contribution in [2.45, 2.75) is 0 Å². The molecule has 2 rings (SSSR count). The number of carboxylic acid groups (broad SMARTS) is 1. The minimum atomic E-state index is -1.02. The summed E-state index contributed by atoms with van der Waals surface area (Å²) in [6.45, 7) is 0. The standard InChI is InChI=1S/C12H10N2O4/c1-14-10(15)6-9(11(14)16)13-8-4-2-7(3-5-8)12(17)18/h2-6,13H,1H3,(H,17,18). The first-order valence-electron chi connectivity index (χ1n) is 5.13. The van der Waals surface area contributed by atoms with E-state index < -0.39 is 11.9 Å². The quantitative estimate of drug-likeness (QED) is 0.766. The van der Waals surface area contributed by atoms with Crippen LogP contribution in [-0.4, -0.2) is 34.8 Å². The summed E-state index contributed by atoms with van der Waals surface area (Å²) in [7, 11) is 1.39. The van der Waals surface area contributed by atoms with Crippen molar-refractivity contribution in [1.82, 2.24) is 4.90 Å². The Morgan fingerprint density at radius 3 is 2.28 bits per heavy atom. The molecule has 0 atom stereocenters. The molecule has 0 aromatic heterocycles. The molecule has 0 unspecified atom stereocenters. The summed E-state index contributed by atoms with van der Waals surface area (Å²) >= 11 is 0. The van der Waals surface area contributed by atoms with Gasteiger partial charge in [0, 0.05) is 18.8 Å². The van der Waals surface area contributed by atoms with Gasteiger partial charge in [-0.25, -0.2) is 4.79 Å². The fourth-order valence-corrected chi connectivity index (χ4v) is 1.50. The van der Waals surface area contributed by atoms with E-state index in [1.165, 1.54) is 37.4 Å². The molecule has 2 N–H and O–H groups in total. The maximum absolute atomic E-state index is 11.6. The molecule has 2 amide bonds. The van der Waals surface area contributed by atoms with E-state index in [4.69, 9.17) is 5.11 Å². The van der Waals surface area contributed by atoms with E-state index in [1.807, 2.05) is 0 Å². The van der Waals surface area contributed by atoms with E-state index in [1.54, 1.807) is 0 Å². The summed E-state index contributed by atoms with van der Waals surface area (Å²) in [4.78, 5) is 34.5. The number of nitrogens with one attached hydrogen (secondary N) is 1. The Morgan fingerprint density at radius 2 is 1.83 bits per heavy atom. The van der Waals surface area contributed by atoms with E-state index in [0.717, 1.165) is 4.90 Å². The molecule has 1 aliphatic rings. The van der Waals surface area contributed by atoms with Crippen LogP contribution in [0.25, 0.3) is 0 Å². The largest absolute Gasteiger partial charge is 0.478 e. The van der Waals surface area contributed by atoms with Crippen molar-refractivity contribution < 1.29 is 19.5 Å². The summed E-state index contributed by atoms with van der Waals surface area (Å²) in [6.07, 6.45) is 1.20. The van der Waals surface area contributed by atoms with E-state index in [0.29, 0.717) is 5.69 Å². The van der Waals surface area contributed by atoms with Gasteiger partial charge in [0.15, 0.2) is 0 Å². The Labute approximate surface area is 103 Å². The Hall–Kier alpha value is -2.63. The summed E-state index contributed by atoms with van der Waals surface area (Å²) in [5.74, 6) is -1.82. The van der Waals surface area contributed by atoms with Crippen LogP contribution in [0.1, 0.15) is 10.4 Å². The van der Waals surface area contributed by atoms with Crippen LogP contribution in [0.2, 0.25) is 0 Å². The number of carbonyl (C=O) groups excluding carboxylic acids is 2. The molecule has 0 bridgehead atoms. The van der Waals surface area contributed by atoms with E-state index in [9.17, 15) is 14.4 Å². The Kier molecular flexibility index (Phi) is 2.85. The van der Waals surface area contributed by atoms with Crippen molar-refractivity contribution in [3.63, 3.8) is 0 Å². The van der Waals surface area contributed by atoms with Crippen LogP contribution in [0, 0.1) is 0 Å². The highest BCUT2D eigenvalue weighted by Gasteiger charge is 2.27. The molecule has 6 nitrogen and oxygen atoms in total. The number of hydrogen-bond donors (Lipinski definition) is 2. The Balaban J connectivity index is 2.16. The third-order valence-corrected chi connectivity index (χ3v) is 2.54. The predicted octanol–water partition coefficient (Wildman–Crippen LogP) is 0.679. The first kappa shape index (κ1) is 11.8. The van der Waals surface area contributed by atoms with Crippen LogP contribution in [0.15, 0.2) is 36.0 Å². The van der Waals surface area contributed by atoms with Crippen LogP contribution in [0.4, 0.5) is 5.69 Å². The lowest BCUT2D eigenvalue weighted by Gasteiger charge is -2.09. The molecule has 92 valence electrons. The maximum atomic E-state index is 11.6. The number of carbonyl (C=O) groups is 3. The Bertz CT molecular complexity index is 560. The highest BCUT2D eigenvalue weighted by molar-refractivity contribution is 6.17. The number of anilines is 1. The minimum absolute atomic E-state index is 0.153. The number of aromatic carboxylic acids is 1. The molecular formula is C12H10N2O4. The minimum Gasteiger partial charge on any atom is -0.478 e. The first-order valence-corrected chi connectivity index (χ1v) is 5.13. The molecule has 0 radical (unpaired) electrons. The van der Waals surface area contributed by atoms with Crippen LogP contribution in [-0.2, 0) is 9.59 Å². The van der Waals surface area contributed by atoms with Gasteiger partial charge >= 0.3 is 5.97 Å². The van der Waals surface area contributed by atoms with Crippen LogP contribution in [0.3, 0.4) is 0 Å². The van der Waals surface area contributed by atoms with Gasteiger partial charge in [0.05, 0.1) is 5.56 Å². The van der Waals surface area contributed by atoms with Crippen LogP contribution < -0.4 is 5.32 Å². The van der Waals surface area contributed by atoms with Crippen molar-refractivity contribution in [2.24, 2.45) is 0 Å². The lowest BCUT2D eigenvalue weighted by molar-refractivity contribution is -0.135. The molecule has 0 fully saturated rings. The zero-order valence-electron chi connectivity index (χ0n) is 9.51. The second-order valence-corrected chi connectivity index (χ2v) is 3.77. The lowest BCUT2D eigenvalue weighted by Crippen LogP contribution is -2.27. The second kappa shape index (κ2) is 4.33. The average molecular weight is 246 g/mol. The zero-order chi connectivity index (χ0) is 13.3. The smallest absolute Gasteiger partial charge is 0.335 e. The molecule has 0 spiro atoms. The normalized spacial score (nSPS) is 14.7. The van der Waals surface area contributed by atoms with Gasteiger partial charge in [-0.05, 0) is 24.3 Å². The van der Waals surface area contributed by atoms with Crippen molar-refractivity contribution in [2.75, 3.05) is 12.4 Å². The molecule has 6 heteroatoms. The Morgan fingerprint density at radius 1 is 1.22 bits per heavy atom. The number of rotatable bonds is 3. The summed E-state index contributed by atoms with van der Waals surface area (Å²) < 4.78 is 0. The van der Waals surface area contributed by atoms with Gasteiger partial charge in [0.2, 0.25) is 0 Å². The van der Waals surface area contributed by atoms with Crippen LogP contribution in [0.5, 0.6) is 0 Å². The number of carboxylic acids is 1. The molecule has 0 saturated heterocycles. The van der Waals surface area contributed by atoms with Gasteiger partial charge in [-0.3, -0.25) is 14.5 Å². The fourth-order valence-electron chi connectivity index (χ4n) is 1.50. The zero-order valence-corrected chi connectivity index (χ0v) is 9.51. The van der Waals surface area contributed by atoms with Gasteiger partial charge < -0.3 is 10.4 Å². The second-order valence-electron chi connectivity index (χ2n) is 3.77. The fraction of sp³-hybridized carbons (Fsp3) is 0.0833. The van der Waals surface area contributed by atoms with Gasteiger partial charge in [-0.15, -0.1) is 0 Å². The van der Waals surface area contributed by atoms with Crippen molar-refractivity contribution in [1.29, 1.82) is 0 Å².